The van der Waals surface area contributed by atoms with Gasteiger partial charge in [-0.1, -0.05) is 73.7 Å². The molecule has 26 heavy (non-hydrogen) atoms. The Morgan fingerprint density at radius 1 is 0.808 bits per heavy atom. The van der Waals surface area contributed by atoms with E-state index in [2.05, 4.69) is 108 Å². The highest BCUT2D eigenvalue weighted by Gasteiger charge is 2.15. The van der Waals surface area contributed by atoms with Crippen molar-refractivity contribution in [3.05, 3.63) is 102 Å². The highest BCUT2D eigenvalue weighted by atomic mass is 15.1. The molecule has 0 aliphatic heterocycles. The second-order valence-corrected chi connectivity index (χ2v) is 6.89. The molecule has 4 aromatic rings. The number of benzene rings is 3. The van der Waals surface area contributed by atoms with Crippen LogP contribution in [0.2, 0.25) is 0 Å². The topological polar surface area (TPSA) is 19.0 Å². The van der Waals surface area contributed by atoms with Crippen LogP contribution in [0.4, 0.5) is 5.69 Å². The minimum absolute atomic E-state index is 0.460. The molecule has 2 nitrogen and oxygen atoms in total. The van der Waals surface area contributed by atoms with E-state index < -0.39 is 0 Å². The van der Waals surface area contributed by atoms with E-state index in [-0.39, 0.29) is 0 Å². The third kappa shape index (κ3) is 3.50. The molecule has 0 unspecified atom stereocenters. The zero-order valence-corrected chi connectivity index (χ0v) is 15.1. The summed E-state index contributed by atoms with van der Waals surface area (Å²) >= 11 is 0. The van der Waals surface area contributed by atoms with Crippen LogP contribution in [-0.2, 0) is 6.54 Å². The largest absolute Gasteiger partial charge is 0.367 e. The quantitative estimate of drug-likeness (QED) is 0.457. The van der Waals surface area contributed by atoms with Gasteiger partial charge in [0, 0.05) is 35.9 Å². The van der Waals surface area contributed by atoms with Gasteiger partial charge in [-0.05, 0) is 35.2 Å². The number of hydrogen-bond donors (Lipinski definition) is 1. The second-order valence-electron chi connectivity index (χ2n) is 6.89. The highest BCUT2D eigenvalue weighted by molar-refractivity contribution is 5.83. The lowest BCUT2D eigenvalue weighted by Crippen LogP contribution is -2.27. The number of hydrogen-bond acceptors (Lipinski definition) is 1. The number of nitrogens with one attached hydrogen (secondary N) is 1. The lowest BCUT2D eigenvalue weighted by atomic mass is 10.00. The van der Waals surface area contributed by atoms with Crippen LogP contribution in [0, 0.1) is 0 Å². The summed E-state index contributed by atoms with van der Waals surface area (Å²) in [4.78, 5) is 5.88. The summed E-state index contributed by atoms with van der Waals surface area (Å²) in [5.41, 5.74) is 5.18. The van der Waals surface area contributed by atoms with E-state index in [0.717, 1.165) is 13.1 Å². The van der Waals surface area contributed by atoms with Gasteiger partial charge in [0.1, 0.15) is 0 Å². The van der Waals surface area contributed by atoms with E-state index in [9.17, 15) is 0 Å². The summed E-state index contributed by atoms with van der Waals surface area (Å²) in [5.74, 6) is 0.460. The van der Waals surface area contributed by atoms with Crippen molar-refractivity contribution >= 4 is 16.6 Å². The molecule has 1 heterocycles. The van der Waals surface area contributed by atoms with Crippen molar-refractivity contribution in [3.8, 4) is 0 Å². The predicted molar refractivity (Wildman–Crippen MR) is 111 cm³/mol. The molecule has 0 spiro atoms. The van der Waals surface area contributed by atoms with E-state index in [1.54, 1.807) is 0 Å². The Morgan fingerprint density at radius 3 is 2.23 bits per heavy atom. The van der Waals surface area contributed by atoms with Crippen LogP contribution in [0.15, 0.2) is 91.1 Å². The Balaban J connectivity index is 1.63. The van der Waals surface area contributed by atoms with Gasteiger partial charge in [-0.3, -0.25) is 0 Å². The standard InChI is InChI=1S/C24H24N2/c1-19(20-10-4-2-5-11-20)17-26(22-12-6-3-7-13-22)18-21-16-25-24-15-9-8-14-23(21)24/h2-16,19,25H,17-18H2,1H3/t19-/m0/s1. The molecule has 2 heteroatoms. The van der Waals surface area contributed by atoms with E-state index in [0.29, 0.717) is 5.92 Å². The molecule has 130 valence electrons. The van der Waals surface area contributed by atoms with Crippen molar-refractivity contribution in [2.24, 2.45) is 0 Å². The molecule has 4 rings (SSSR count). The van der Waals surface area contributed by atoms with Crippen molar-refractivity contribution in [2.45, 2.75) is 19.4 Å². The van der Waals surface area contributed by atoms with Gasteiger partial charge < -0.3 is 9.88 Å². The average Bonchev–Trinajstić information content (AvgIpc) is 3.12. The molecule has 0 aliphatic rings. The van der Waals surface area contributed by atoms with Gasteiger partial charge in [0.25, 0.3) is 0 Å². The van der Waals surface area contributed by atoms with Crippen molar-refractivity contribution in [2.75, 3.05) is 11.4 Å². The monoisotopic (exact) mass is 340 g/mol. The minimum Gasteiger partial charge on any atom is -0.367 e. The van der Waals surface area contributed by atoms with Crippen LogP contribution >= 0.6 is 0 Å². The molecular weight excluding hydrogens is 316 g/mol. The maximum absolute atomic E-state index is 3.40. The van der Waals surface area contributed by atoms with E-state index in [4.69, 9.17) is 0 Å². The number of H-pyrrole nitrogens is 1. The smallest absolute Gasteiger partial charge is 0.0457 e. The van der Waals surface area contributed by atoms with Gasteiger partial charge in [-0.25, -0.2) is 0 Å². The maximum atomic E-state index is 3.40. The fourth-order valence-electron chi connectivity index (χ4n) is 3.59. The molecule has 0 saturated carbocycles. The van der Waals surface area contributed by atoms with Crippen molar-refractivity contribution in [1.29, 1.82) is 0 Å². The fraction of sp³-hybridized carbons (Fsp3) is 0.167. The molecule has 0 radical (unpaired) electrons. The number of nitrogens with zero attached hydrogens (tertiary/aromatic N) is 1. The molecule has 0 saturated heterocycles. The van der Waals surface area contributed by atoms with E-state index in [1.165, 1.54) is 27.7 Å². The first-order valence-corrected chi connectivity index (χ1v) is 9.21. The Bertz CT molecular complexity index is 957. The van der Waals surface area contributed by atoms with Crippen LogP contribution < -0.4 is 4.90 Å². The minimum atomic E-state index is 0.460. The Morgan fingerprint density at radius 2 is 1.46 bits per heavy atom. The molecule has 3 aromatic carbocycles. The van der Waals surface area contributed by atoms with Crippen molar-refractivity contribution in [1.82, 2.24) is 4.98 Å². The Labute approximate surface area is 155 Å². The second kappa shape index (κ2) is 7.49. The maximum Gasteiger partial charge on any atom is 0.0457 e. The SMILES string of the molecule is C[C@@H](CN(Cc1c[nH]c2ccccc12)c1ccccc1)c1ccccc1. The third-order valence-electron chi connectivity index (χ3n) is 5.02. The summed E-state index contributed by atoms with van der Waals surface area (Å²) < 4.78 is 0. The zero-order chi connectivity index (χ0) is 17.8. The summed E-state index contributed by atoms with van der Waals surface area (Å²) in [5, 5.41) is 1.31. The Hall–Kier alpha value is -3.00. The van der Waals surface area contributed by atoms with Gasteiger partial charge in [0.05, 0.1) is 0 Å². The van der Waals surface area contributed by atoms with Crippen LogP contribution in [0.5, 0.6) is 0 Å². The third-order valence-corrected chi connectivity index (χ3v) is 5.02. The first-order chi connectivity index (χ1) is 12.8. The Kier molecular flexibility index (Phi) is 4.74. The number of anilines is 1. The van der Waals surface area contributed by atoms with Crippen molar-refractivity contribution < 1.29 is 0 Å². The van der Waals surface area contributed by atoms with Gasteiger partial charge in [-0.2, -0.15) is 0 Å². The number of fused-ring (bicyclic) bond motifs is 1. The normalized spacial score (nSPS) is 12.2. The number of rotatable bonds is 6. The number of para-hydroxylation sites is 2. The summed E-state index contributed by atoms with van der Waals surface area (Å²) in [6.07, 6.45) is 2.15. The van der Waals surface area contributed by atoms with E-state index >= 15 is 0 Å². The molecule has 0 amide bonds. The van der Waals surface area contributed by atoms with Gasteiger partial charge in [0.15, 0.2) is 0 Å². The summed E-state index contributed by atoms with van der Waals surface area (Å²) in [6.45, 7) is 4.18. The van der Waals surface area contributed by atoms with Crippen molar-refractivity contribution in [3.63, 3.8) is 0 Å². The lowest BCUT2D eigenvalue weighted by Gasteiger charge is -2.28. The number of aromatic amines is 1. The van der Waals surface area contributed by atoms with Crippen LogP contribution in [0.25, 0.3) is 10.9 Å². The van der Waals surface area contributed by atoms with Gasteiger partial charge >= 0.3 is 0 Å². The molecule has 1 N–H and O–H groups in total. The molecule has 1 atom stereocenters. The summed E-state index contributed by atoms with van der Waals surface area (Å²) in [6, 6.07) is 30.0. The zero-order valence-electron chi connectivity index (χ0n) is 15.1. The van der Waals surface area contributed by atoms with Crippen LogP contribution in [0.1, 0.15) is 24.0 Å². The average molecular weight is 340 g/mol. The summed E-state index contributed by atoms with van der Waals surface area (Å²) in [7, 11) is 0. The lowest BCUT2D eigenvalue weighted by molar-refractivity contribution is 0.688. The molecule has 0 aliphatic carbocycles. The predicted octanol–water partition coefficient (Wildman–Crippen LogP) is 5.98. The van der Waals surface area contributed by atoms with Crippen LogP contribution in [0.3, 0.4) is 0 Å². The first-order valence-electron chi connectivity index (χ1n) is 9.21. The molecule has 1 aromatic heterocycles. The molecule has 0 fully saturated rings. The van der Waals surface area contributed by atoms with E-state index in [1.807, 2.05) is 0 Å². The molecular formula is C24H24N2. The fourth-order valence-corrected chi connectivity index (χ4v) is 3.59. The first kappa shape index (κ1) is 16.5. The van der Waals surface area contributed by atoms with Gasteiger partial charge in [-0.15, -0.1) is 0 Å². The highest BCUT2D eigenvalue weighted by Crippen LogP contribution is 2.26. The van der Waals surface area contributed by atoms with Crippen LogP contribution in [-0.4, -0.2) is 11.5 Å². The molecule has 0 bridgehead atoms. The van der Waals surface area contributed by atoms with Gasteiger partial charge in [0.2, 0.25) is 0 Å². The number of aromatic nitrogens is 1.